The van der Waals surface area contributed by atoms with Crippen molar-refractivity contribution in [2.45, 2.75) is 19.3 Å². The van der Waals surface area contributed by atoms with Gasteiger partial charge in [0.25, 0.3) is 0 Å². The molecule has 0 aliphatic carbocycles. The Hall–Kier alpha value is -1.95. The van der Waals surface area contributed by atoms with Crippen molar-refractivity contribution in [1.29, 1.82) is 0 Å². The highest BCUT2D eigenvalue weighted by Gasteiger charge is 2.15. The molecule has 0 fully saturated rings. The van der Waals surface area contributed by atoms with E-state index in [1.807, 2.05) is 0 Å². The first-order valence-corrected chi connectivity index (χ1v) is 6.21. The Balaban J connectivity index is 2.13. The number of imidazole rings is 1. The lowest BCUT2D eigenvalue weighted by Gasteiger charge is -2.03. The van der Waals surface area contributed by atoms with Gasteiger partial charge in [-0.25, -0.2) is 9.37 Å². The second-order valence-corrected chi connectivity index (χ2v) is 4.36. The molecule has 0 aliphatic heterocycles. The smallest absolute Gasteiger partial charge is 0.246 e. The summed E-state index contributed by atoms with van der Waals surface area (Å²) in [6.45, 7) is 2.06. The van der Waals surface area contributed by atoms with Gasteiger partial charge in [-0.15, -0.1) is 11.6 Å². The van der Waals surface area contributed by atoms with Gasteiger partial charge in [-0.05, 0) is 19.1 Å². The highest BCUT2D eigenvalue weighted by Crippen LogP contribution is 2.21. The Morgan fingerprint density at radius 1 is 1.37 bits per heavy atom. The third-order valence-corrected chi connectivity index (χ3v) is 3.03. The van der Waals surface area contributed by atoms with Gasteiger partial charge in [0, 0.05) is 0 Å². The van der Waals surface area contributed by atoms with E-state index in [0.29, 0.717) is 35.1 Å². The normalized spacial score (nSPS) is 11.3. The van der Waals surface area contributed by atoms with Crippen LogP contribution in [0.3, 0.4) is 0 Å². The SMILES string of the molecule is Cc1noc(Cn2c(CCl)nc3c(F)cccc32)n1. The van der Waals surface area contributed by atoms with E-state index in [4.69, 9.17) is 16.1 Å². The maximum Gasteiger partial charge on any atom is 0.246 e. The third kappa shape index (κ3) is 2.08. The molecule has 7 heteroatoms. The van der Waals surface area contributed by atoms with Gasteiger partial charge in [-0.1, -0.05) is 11.2 Å². The monoisotopic (exact) mass is 280 g/mol. The van der Waals surface area contributed by atoms with Crippen LogP contribution in [-0.4, -0.2) is 19.7 Å². The lowest BCUT2D eigenvalue weighted by molar-refractivity contribution is 0.368. The maximum atomic E-state index is 13.7. The minimum Gasteiger partial charge on any atom is -0.337 e. The number of nitrogens with zero attached hydrogens (tertiary/aromatic N) is 4. The Morgan fingerprint density at radius 2 is 2.21 bits per heavy atom. The van der Waals surface area contributed by atoms with E-state index >= 15 is 0 Å². The number of alkyl halides is 1. The van der Waals surface area contributed by atoms with Crippen LogP contribution < -0.4 is 0 Å². The van der Waals surface area contributed by atoms with Crippen molar-refractivity contribution in [2.24, 2.45) is 0 Å². The molecule has 0 saturated heterocycles. The molecular formula is C12H10ClFN4O. The van der Waals surface area contributed by atoms with Gasteiger partial charge >= 0.3 is 0 Å². The molecule has 19 heavy (non-hydrogen) atoms. The fraction of sp³-hybridized carbons (Fsp3) is 0.250. The minimum absolute atomic E-state index is 0.182. The van der Waals surface area contributed by atoms with Gasteiger partial charge in [0.2, 0.25) is 5.89 Å². The van der Waals surface area contributed by atoms with Crippen molar-refractivity contribution < 1.29 is 8.91 Å². The first kappa shape index (κ1) is 12.1. The van der Waals surface area contributed by atoms with Crippen LogP contribution in [-0.2, 0) is 12.4 Å². The highest BCUT2D eigenvalue weighted by molar-refractivity contribution is 6.16. The predicted molar refractivity (Wildman–Crippen MR) is 67.4 cm³/mol. The molecule has 0 spiro atoms. The summed E-state index contributed by atoms with van der Waals surface area (Å²) in [5, 5.41) is 3.72. The summed E-state index contributed by atoms with van der Waals surface area (Å²) in [5.74, 6) is 1.37. The molecule has 0 N–H and O–H groups in total. The molecular weight excluding hydrogens is 271 g/mol. The molecule has 3 rings (SSSR count). The van der Waals surface area contributed by atoms with E-state index in [1.165, 1.54) is 6.07 Å². The van der Waals surface area contributed by atoms with Gasteiger partial charge in [0.15, 0.2) is 11.6 Å². The number of para-hydroxylation sites is 1. The van der Waals surface area contributed by atoms with E-state index in [2.05, 4.69) is 15.1 Å². The second kappa shape index (κ2) is 4.62. The summed E-state index contributed by atoms with van der Waals surface area (Å²) in [6.07, 6.45) is 0. The molecule has 0 bridgehead atoms. The highest BCUT2D eigenvalue weighted by atomic mass is 35.5. The van der Waals surface area contributed by atoms with Gasteiger partial charge in [0.05, 0.1) is 11.4 Å². The van der Waals surface area contributed by atoms with Crippen molar-refractivity contribution in [3.63, 3.8) is 0 Å². The first-order valence-electron chi connectivity index (χ1n) is 5.68. The van der Waals surface area contributed by atoms with Crippen molar-refractivity contribution in [2.75, 3.05) is 0 Å². The van der Waals surface area contributed by atoms with Crippen LogP contribution >= 0.6 is 11.6 Å². The zero-order valence-electron chi connectivity index (χ0n) is 10.1. The molecule has 0 aliphatic rings. The van der Waals surface area contributed by atoms with Crippen LogP contribution in [0.2, 0.25) is 0 Å². The first-order chi connectivity index (χ1) is 9.19. The molecule has 0 saturated carbocycles. The average molecular weight is 281 g/mol. The summed E-state index contributed by atoms with van der Waals surface area (Å²) in [4.78, 5) is 8.33. The zero-order chi connectivity index (χ0) is 13.4. The number of aryl methyl sites for hydroxylation is 1. The summed E-state index contributed by atoms with van der Waals surface area (Å²) < 4.78 is 20.5. The van der Waals surface area contributed by atoms with Crippen molar-refractivity contribution in [1.82, 2.24) is 19.7 Å². The number of halogens is 2. The number of hydrogen-bond acceptors (Lipinski definition) is 4. The average Bonchev–Trinajstić information content (AvgIpc) is 2.96. The fourth-order valence-electron chi connectivity index (χ4n) is 1.98. The maximum absolute atomic E-state index is 13.7. The van der Waals surface area contributed by atoms with Crippen LogP contribution in [0.5, 0.6) is 0 Å². The zero-order valence-corrected chi connectivity index (χ0v) is 10.9. The molecule has 0 amide bonds. The third-order valence-electron chi connectivity index (χ3n) is 2.79. The second-order valence-electron chi connectivity index (χ2n) is 4.09. The number of hydrogen-bond donors (Lipinski definition) is 0. The topological polar surface area (TPSA) is 56.7 Å². The standard InChI is InChI=1S/C12H10ClFN4O/c1-7-15-11(19-17-7)6-18-9-4-2-3-8(14)12(9)16-10(18)5-13/h2-4H,5-6H2,1H3. The molecule has 0 atom stereocenters. The predicted octanol–water partition coefficient (Wildman–Crippen LogP) is 2.65. The van der Waals surface area contributed by atoms with E-state index < -0.39 is 0 Å². The molecule has 5 nitrogen and oxygen atoms in total. The van der Waals surface area contributed by atoms with Gasteiger partial charge < -0.3 is 9.09 Å². The molecule has 1 aromatic carbocycles. The van der Waals surface area contributed by atoms with Crippen molar-refractivity contribution >= 4 is 22.6 Å². The van der Waals surface area contributed by atoms with Crippen molar-refractivity contribution in [3.05, 3.63) is 41.6 Å². The molecule has 2 aromatic heterocycles. The Labute approximate surface area is 113 Å². The molecule has 0 radical (unpaired) electrons. The van der Waals surface area contributed by atoms with Crippen molar-refractivity contribution in [3.8, 4) is 0 Å². The molecule has 3 aromatic rings. The lowest BCUT2D eigenvalue weighted by atomic mass is 10.3. The van der Waals surface area contributed by atoms with Crippen LogP contribution in [0.1, 0.15) is 17.5 Å². The van der Waals surface area contributed by atoms with Gasteiger partial charge in [-0.3, -0.25) is 0 Å². The van der Waals surface area contributed by atoms with Crippen LogP contribution in [0.25, 0.3) is 11.0 Å². The van der Waals surface area contributed by atoms with E-state index in [9.17, 15) is 4.39 Å². The number of rotatable bonds is 3. The van der Waals surface area contributed by atoms with Crippen LogP contribution in [0.4, 0.5) is 4.39 Å². The summed E-state index contributed by atoms with van der Waals surface area (Å²) in [5.41, 5.74) is 0.959. The van der Waals surface area contributed by atoms with E-state index in [0.717, 1.165) is 0 Å². The quantitative estimate of drug-likeness (QED) is 0.692. The largest absolute Gasteiger partial charge is 0.337 e. The number of aromatic nitrogens is 4. The molecule has 0 unspecified atom stereocenters. The molecule has 2 heterocycles. The van der Waals surface area contributed by atoms with E-state index in [1.54, 1.807) is 23.6 Å². The summed E-state index contributed by atoms with van der Waals surface area (Å²) in [6, 6.07) is 4.78. The fourth-order valence-corrected chi connectivity index (χ4v) is 2.18. The molecule has 98 valence electrons. The Morgan fingerprint density at radius 3 is 2.89 bits per heavy atom. The van der Waals surface area contributed by atoms with Crippen LogP contribution in [0.15, 0.2) is 22.7 Å². The van der Waals surface area contributed by atoms with E-state index in [-0.39, 0.29) is 11.7 Å². The summed E-state index contributed by atoms with van der Waals surface area (Å²) in [7, 11) is 0. The lowest BCUT2D eigenvalue weighted by Crippen LogP contribution is -2.04. The Kier molecular flexibility index (Phi) is 2.94. The summed E-state index contributed by atoms with van der Waals surface area (Å²) >= 11 is 5.85. The minimum atomic E-state index is -0.371. The van der Waals surface area contributed by atoms with Gasteiger partial charge in [-0.2, -0.15) is 4.98 Å². The number of fused-ring (bicyclic) bond motifs is 1. The number of benzene rings is 1. The van der Waals surface area contributed by atoms with Gasteiger partial charge in [0.1, 0.15) is 17.9 Å². The van der Waals surface area contributed by atoms with Crippen LogP contribution in [0, 0.1) is 12.7 Å². The Bertz CT molecular complexity index is 736.